The Morgan fingerprint density at radius 2 is 2.00 bits per heavy atom. The fourth-order valence-electron chi connectivity index (χ4n) is 2.67. The summed E-state index contributed by atoms with van der Waals surface area (Å²) < 4.78 is 0. The molecule has 2 aliphatic rings. The van der Waals surface area contributed by atoms with Crippen molar-refractivity contribution >= 4 is 5.90 Å². The van der Waals surface area contributed by atoms with Gasteiger partial charge >= 0.3 is 0 Å². The maximum Gasteiger partial charge on any atom is 0.211 e. The first-order chi connectivity index (χ1) is 9.42. The van der Waals surface area contributed by atoms with E-state index in [1.54, 1.807) is 0 Å². The first-order valence-electron chi connectivity index (χ1n) is 7.18. The number of rotatable bonds is 5. The van der Waals surface area contributed by atoms with Crippen molar-refractivity contribution in [3.63, 3.8) is 0 Å². The molecule has 0 spiro atoms. The number of hydrogen-bond donors (Lipinski definition) is 1. The number of aliphatic imine (C=N–C) groups is 1. The van der Waals surface area contributed by atoms with Crippen molar-refractivity contribution in [2.24, 2.45) is 4.99 Å². The fraction of sp³-hybridized carbons (Fsp3) is 0.533. The molecular weight excluding hydrogens is 238 g/mol. The molecule has 2 heterocycles. The lowest BCUT2D eigenvalue weighted by molar-refractivity contribution is 0.174. The Balaban J connectivity index is 1.47. The number of nitrogens with one attached hydrogen (secondary N) is 1. The monoisotopic (exact) mass is 259 g/mol. The Morgan fingerprint density at radius 1 is 1.21 bits per heavy atom. The van der Waals surface area contributed by atoms with Crippen LogP contribution in [0.1, 0.15) is 37.4 Å². The van der Waals surface area contributed by atoms with Gasteiger partial charge < -0.3 is 9.74 Å². The summed E-state index contributed by atoms with van der Waals surface area (Å²) in [6.07, 6.45) is 4.72. The van der Waals surface area contributed by atoms with Gasteiger partial charge in [0.25, 0.3) is 0 Å². The van der Waals surface area contributed by atoms with Crippen LogP contribution < -0.4 is 5.48 Å². The summed E-state index contributed by atoms with van der Waals surface area (Å²) in [6.45, 7) is 3.69. The highest BCUT2D eigenvalue weighted by atomic mass is 16.7. The molecule has 0 saturated carbocycles. The van der Waals surface area contributed by atoms with Gasteiger partial charge in [0, 0.05) is 6.42 Å². The number of nitrogens with zero attached hydrogens (tertiary/aromatic N) is 2. The molecule has 0 aromatic heterocycles. The average molecular weight is 259 g/mol. The molecule has 1 aromatic rings. The number of likely N-dealkylation sites (tertiary alicyclic amines) is 1. The molecule has 4 nitrogen and oxygen atoms in total. The molecule has 2 aliphatic heterocycles. The Hall–Kier alpha value is -1.39. The van der Waals surface area contributed by atoms with Gasteiger partial charge in [-0.25, -0.2) is 4.99 Å². The number of benzene rings is 1. The molecule has 1 fully saturated rings. The highest BCUT2D eigenvalue weighted by Crippen LogP contribution is 2.19. The van der Waals surface area contributed by atoms with Crippen LogP contribution in [0, 0.1) is 0 Å². The minimum atomic E-state index is -0.0389. The quantitative estimate of drug-likeness (QED) is 0.882. The zero-order valence-electron chi connectivity index (χ0n) is 11.2. The number of hydrogen-bond acceptors (Lipinski definition) is 4. The van der Waals surface area contributed by atoms with Crippen molar-refractivity contribution in [2.45, 2.75) is 31.8 Å². The second-order valence-corrected chi connectivity index (χ2v) is 5.21. The van der Waals surface area contributed by atoms with Gasteiger partial charge in [-0.05, 0) is 44.5 Å². The Labute approximate surface area is 114 Å². The fourth-order valence-corrected chi connectivity index (χ4v) is 2.67. The van der Waals surface area contributed by atoms with Gasteiger partial charge in [0.15, 0.2) is 6.17 Å². The van der Waals surface area contributed by atoms with Gasteiger partial charge in [-0.3, -0.25) is 0 Å². The third-order valence-corrected chi connectivity index (χ3v) is 3.74. The molecule has 102 valence electrons. The molecule has 3 rings (SSSR count). The predicted molar refractivity (Wildman–Crippen MR) is 75.7 cm³/mol. The van der Waals surface area contributed by atoms with Crippen molar-refractivity contribution < 1.29 is 4.84 Å². The molecule has 0 bridgehead atoms. The van der Waals surface area contributed by atoms with E-state index >= 15 is 0 Å². The summed E-state index contributed by atoms with van der Waals surface area (Å²) in [5.74, 6) is 0.841. The van der Waals surface area contributed by atoms with Crippen LogP contribution in [0.4, 0.5) is 0 Å². The SMILES string of the molecule is c1ccc([C@@H]2N=C(CCCN3CCCC3)ON2)cc1. The van der Waals surface area contributed by atoms with Crippen molar-refractivity contribution in [1.82, 2.24) is 10.4 Å². The Morgan fingerprint density at radius 3 is 2.79 bits per heavy atom. The second-order valence-electron chi connectivity index (χ2n) is 5.21. The average Bonchev–Trinajstić information content (AvgIpc) is 3.11. The normalized spacial score (nSPS) is 23.4. The molecule has 0 radical (unpaired) electrons. The van der Waals surface area contributed by atoms with Gasteiger partial charge in [-0.15, -0.1) is 5.48 Å². The third-order valence-electron chi connectivity index (χ3n) is 3.74. The first-order valence-corrected chi connectivity index (χ1v) is 7.18. The van der Waals surface area contributed by atoms with E-state index < -0.39 is 0 Å². The topological polar surface area (TPSA) is 36.9 Å². The summed E-state index contributed by atoms with van der Waals surface area (Å²) in [7, 11) is 0. The maximum atomic E-state index is 5.47. The molecule has 1 atom stereocenters. The molecule has 0 unspecified atom stereocenters. The largest absolute Gasteiger partial charge is 0.391 e. The van der Waals surface area contributed by atoms with Crippen molar-refractivity contribution in [1.29, 1.82) is 0 Å². The van der Waals surface area contributed by atoms with E-state index in [2.05, 4.69) is 27.5 Å². The second kappa shape index (κ2) is 6.17. The molecule has 19 heavy (non-hydrogen) atoms. The Kier molecular flexibility index (Phi) is 4.10. The molecule has 1 N–H and O–H groups in total. The zero-order chi connectivity index (χ0) is 12.9. The molecular formula is C15H21N3O. The summed E-state index contributed by atoms with van der Waals surface area (Å²) in [5.41, 5.74) is 4.13. The third kappa shape index (κ3) is 3.33. The predicted octanol–water partition coefficient (Wildman–Crippen LogP) is 2.49. The summed E-state index contributed by atoms with van der Waals surface area (Å²) in [4.78, 5) is 12.6. The van der Waals surface area contributed by atoms with E-state index in [4.69, 9.17) is 4.84 Å². The van der Waals surface area contributed by atoms with Crippen LogP contribution in [0.15, 0.2) is 35.3 Å². The van der Waals surface area contributed by atoms with E-state index in [0.29, 0.717) is 0 Å². The highest BCUT2D eigenvalue weighted by Gasteiger charge is 2.20. The minimum absolute atomic E-state index is 0.0389. The summed E-state index contributed by atoms with van der Waals surface area (Å²) in [6, 6.07) is 10.2. The van der Waals surface area contributed by atoms with Crippen LogP contribution in [-0.4, -0.2) is 30.4 Å². The van der Waals surface area contributed by atoms with Crippen molar-refractivity contribution in [3.8, 4) is 0 Å². The van der Waals surface area contributed by atoms with Crippen LogP contribution in [-0.2, 0) is 4.84 Å². The van der Waals surface area contributed by atoms with Gasteiger partial charge in [-0.1, -0.05) is 30.3 Å². The van der Waals surface area contributed by atoms with Gasteiger partial charge in [0.05, 0.1) is 0 Å². The van der Waals surface area contributed by atoms with E-state index in [1.165, 1.54) is 32.5 Å². The van der Waals surface area contributed by atoms with Crippen LogP contribution in [0.25, 0.3) is 0 Å². The lowest BCUT2D eigenvalue weighted by atomic mass is 10.2. The molecule has 0 aliphatic carbocycles. The lowest BCUT2D eigenvalue weighted by Crippen LogP contribution is -2.21. The summed E-state index contributed by atoms with van der Waals surface area (Å²) in [5, 5.41) is 0. The van der Waals surface area contributed by atoms with E-state index in [1.807, 2.05) is 18.2 Å². The van der Waals surface area contributed by atoms with E-state index in [-0.39, 0.29) is 6.17 Å². The summed E-state index contributed by atoms with van der Waals surface area (Å²) >= 11 is 0. The molecule has 0 amide bonds. The van der Waals surface area contributed by atoms with E-state index in [0.717, 1.165) is 24.3 Å². The van der Waals surface area contributed by atoms with Gasteiger partial charge in [0.1, 0.15) is 0 Å². The smallest absolute Gasteiger partial charge is 0.211 e. The van der Waals surface area contributed by atoms with Gasteiger partial charge in [-0.2, -0.15) is 0 Å². The van der Waals surface area contributed by atoms with Crippen molar-refractivity contribution in [3.05, 3.63) is 35.9 Å². The van der Waals surface area contributed by atoms with Crippen LogP contribution in [0.2, 0.25) is 0 Å². The van der Waals surface area contributed by atoms with Crippen LogP contribution >= 0.6 is 0 Å². The minimum Gasteiger partial charge on any atom is -0.391 e. The van der Waals surface area contributed by atoms with Crippen LogP contribution in [0.3, 0.4) is 0 Å². The Bertz CT molecular complexity index is 426. The molecule has 1 aromatic carbocycles. The lowest BCUT2D eigenvalue weighted by Gasteiger charge is -2.13. The van der Waals surface area contributed by atoms with E-state index in [9.17, 15) is 0 Å². The standard InChI is InChI=1S/C15H21N3O/c1-2-7-13(8-3-1)15-16-14(19-17-15)9-6-12-18-10-4-5-11-18/h1-3,7-8,15,17H,4-6,9-12H2/t15-/m1/s1. The first kappa shape index (κ1) is 12.6. The zero-order valence-corrected chi connectivity index (χ0v) is 11.2. The molecule has 4 heteroatoms. The maximum absolute atomic E-state index is 5.47. The molecule has 1 saturated heterocycles. The number of hydroxylamine groups is 1. The van der Waals surface area contributed by atoms with Crippen molar-refractivity contribution in [2.75, 3.05) is 19.6 Å². The van der Waals surface area contributed by atoms with Crippen LogP contribution in [0.5, 0.6) is 0 Å². The van der Waals surface area contributed by atoms with Gasteiger partial charge in [0.2, 0.25) is 5.90 Å². The highest BCUT2D eigenvalue weighted by molar-refractivity contribution is 5.77.